The van der Waals surface area contributed by atoms with Gasteiger partial charge < -0.3 is 5.73 Å². The maximum atomic E-state index is 5.60. The molecule has 1 nitrogen and oxygen atoms in total. The molecule has 0 saturated carbocycles. The van der Waals surface area contributed by atoms with Gasteiger partial charge in [0.2, 0.25) is 0 Å². The smallest absolute Gasteiger partial charge is 0.00716 e. The summed E-state index contributed by atoms with van der Waals surface area (Å²) in [7, 11) is 0. The van der Waals surface area contributed by atoms with Crippen LogP contribution in [0.15, 0.2) is 12.2 Å². The van der Waals surface area contributed by atoms with Crippen LogP contribution in [0.4, 0.5) is 0 Å². The number of hydrogen-bond acceptors (Lipinski definition) is 1. The summed E-state index contributed by atoms with van der Waals surface area (Å²) >= 11 is 0. The lowest BCUT2D eigenvalue weighted by atomic mass is 9.77. The number of rotatable bonds is 5. The van der Waals surface area contributed by atoms with E-state index in [0.29, 0.717) is 5.92 Å². The first kappa shape index (κ1) is 12.7. The maximum absolute atomic E-state index is 5.60. The molecule has 1 heteroatoms. The van der Waals surface area contributed by atoms with E-state index in [1.54, 1.807) is 0 Å². The Bertz CT molecular complexity index is 147. The second kappa shape index (κ2) is 5.43. The van der Waals surface area contributed by atoms with E-state index in [2.05, 4.69) is 34.3 Å². The highest BCUT2D eigenvalue weighted by molar-refractivity contribution is 5.09. The lowest BCUT2D eigenvalue weighted by Crippen LogP contribution is -2.19. The van der Waals surface area contributed by atoms with Crippen molar-refractivity contribution in [3.63, 3.8) is 0 Å². The monoisotopic (exact) mass is 183 g/mol. The minimum Gasteiger partial charge on any atom is -0.330 e. The lowest BCUT2D eigenvalue weighted by Gasteiger charge is -2.29. The van der Waals surface area contributed by atoms with Gasteiger partial charge in [-0.2, -0.15) is 0 Å². The zero-order valence-electron chi connectivity index (χ0n) is 9.69. The van der Waals surface area contributed by atoms with Gasteiger partial charge >= 0.3 is 0 Å². The lowest BCUT2D eigenvalue weighted by molar-refractivity contribution is 0.392. The standard InChI is InChI=1S/C12H25N/c1-6-7-11(8-9-13)10(2)12(3,4)5/h11H,2,6-9,13H2,1,3-5H3. The molecule has 0 spiro atoms. The summed E-state index contributed by atoms with van der Waals surface area (Å²) in [6.07, 6.45) is 3.54. The van der Waals surface area contributed by atoms with Crippen molar-refractivity contribution < 1.29 is 0 Å². The van der Waals surface area contributed by atoms with Gasteiger partial charge in [-0.25, -0.2) is 0 Å². The van der Waals surface area contributed by atoms with Crippen LogP contribution >= 0.6 is 0 Å². The van der Waals surface area contributed by atoms with Gasteiger partial charge in [0.25, 0.3) is 0 Å². The zero-order valence-corrected chi connectivity index (χ0v) is 9.69. The molecule has 13 heavy (non-hydrogen) atoms. The second-order valence-electron chi connectivity index (χ2n) is 4.84. The van der Waals surface area contributed by atoms with E-state index in [1.165, 1.54) is 18.4 Å². The van der Waals surface area contributed by atoms with E-state index in [0.717, 1.165) is 13.0 Å². The Labute approximate surface area is 83.4 Å². The van der Waals surface area contributed by atoms with Crippen molar-refractivity contribution in [1.29, 1.82) is 0 Å². The molecular weight excluding hydrogens is 158 g/mol. The second-order valence-corrected chi connectivity index (χ2v) is 4.84. The molecule has 1 unspecified atom stereocenters. The van der Waals surface area contributed by atoms with Crippen molar-refractivity contribution in [1.82, 2.24) is 0 Å². The van der Waals surface area contributed by atoms with Crippen LogP contribution in [0.5, 0.6) is 0 Å². The van der Waals surface area contributed by atoms with E-state index in [4.69, 9.17) is 5.73 Å². The fourth-order valence-corrected chi connectivity index (χ4v) is 1.65. The van der Waals surface area contributed by atoms with Crippen LogP contribution in [-0.2, 0) is 0 Å². The van der Waals surface area contributed by atoms with Crippen molar-refractivity contribution in [2.24, 2.45) is 17.1 Å². The summed E-state index contributed by atoms with van der Waals surface area (Å²) in [6, 6.07) is 0. The third-order valence-electron chi connectivity index (χ3n) is 2.61. The molecule has 0 aliphatic carbocycles. The Balaban J connectivity index is 4.27. The highest BCUT2D eigenvalue weighted by Crippen LogP contribution is 2.33. The van der Waals surface area contributed by atoms with E-state index >= 15 is 0 Å². The third kappa shape index (κ3) is 4.47. The molecule has 2 N–H and O–H groups in total. The van der Waals surface area contributed by atoms with Gasteiger partial charge in [-0.15, -0.1) is 0 Å². The summed E-state index contributed by atoms with van der Waals surface area (Å²) < 4.78 is 0. The van der Waals surface area contributed by atoms with Gasteiger partial charge in [-0.1, -0.05) is 46.3 Å². The van der Waals surface area contributed by atoms with Gasteiger partial charge in [0.05, 0.1) is 0 Å². The number of hydrogen-bond donors (Lipinski definition) is 1. The van der Waals surface area contributed by atoms with Crippen molar-refractivity contribution in [3.8, 4) is 0 Å². The van der Waals surface area contributed by atoms with Gasteiger partial charge in [-0.3, -0.25) is 0 Å². The molecule has 0 aromatic carbocycles. The first-order chi connectivity index (χ1) is 5.93. The van der Waals surface area contributed by atoms with Crippen molar-refractivity contribution in [2.45, 2.75) is 47.0 Å². The average Bonchev–Trinajstić information content (AvgIpc) is 2.01. The molecular formula is C12H25N. The van der Waals surface area contributed by atoms with Crippen LogP contribution in [0.3, 0.4) is 0 Å². The zero-order chi connectivity index (χ0) is 10.5. The molecule has 0 heterocycles. The molecule has 0 radical (unpaired) electrons. The number of nitrogens with two attached hydrogens (primary N) is 1. The molecule has 0 bridgehead atoms. The van der Waals surface area contributed by atoms with Crippen LogP contribution < -0.4 is 5.73 Å². The summed E-state index contributed by atoms with van der Waals surface area (Å²) in [4.78, 5) is 0. The van der Waals surface area contributed by atoms with Gasteiger partial charge in [0.1, 0.15) is 0 Å². The van der Waals surface area contributed by atoms with Gasteiger partial charge in [0.15, 0.2) is 0 Å². The van der Waals surface area contributed by atoms with Crippen LogP contribution in [0.2, 0.25) is 0 Å². The Morgan fingerprint density at radius 1 is 1.31 bits per heavy atom. The van der Waals surface area contributed by atoms with E-state index in [-0.39, 0.29) is 5.41 Å². The first-order valence-corrected chi connectivity index (χ1v) is 5.32. The van der Waals surface area contributed by atoms with Crippen LogP contribution in [0, 0.1) is 11.3 Å². The summed E-state index contributed by atoms with van der Waals surface area (Å²) in [5.41, 5.74) is 7.19. The SMILES string of the molecule is C=C(C(CCC)CCN)C(C)(C)C. The first-order valence-electron chi connectivity index (χ1n) is 5.32. The summed E-state index contributed by atoms with van der Waals surface area (Å²) in [6.45, 7) is 13.9. The maximum Gasteiger partial charge on any atom is -0.00716 e. The van der Waals surface area contributed by atoms with Crippen molar-refractivity contribution in [2.75, 3.05) is 6.54 Å². The Morgan fingerprint density at radius 2 is 1.85 bits per heavy atom. The molecule has 1 atom stereocenters. The molecule has 0 fully saturated rings. The topological polar surface area (TPSA) is 26.0 Å². The Hall–Kier alpha value is -0.300. The quantitative estimate of drug-likeness (QED) is 0.650. The summed E-state index contributed by atoms with van der Waals surface area (Å²) in [5.74, 6) is 0.620. The largest absolute Gasteiger partial charge is 0.330 e. The molecule has 0 saturated heterocycles. The third-order valence-corrected chi connectivity index (χ3v) is 2.61. The highest BCUT2D eigenvalue weighted by Gasteiger charge is 2.21. The van der Waals surface area contributed by atoms with Crippen LogP contribution in [-0.4, -0.2) is 6.54 Å². The molecule has 0 aliphatic heterocycles. The van der Waals surface area contributed by atoms with Gasteiger partial charge in [-0.05, 0) is 30.7 Å². The van der Waals surface area contributed by atoms with E-state index < -0.39 is 0 Å². The number of allylic oxidation sites excluding steroid dienone is 1. The highest BCUT2D eigenvalue weighted by atomic mass is 14.5. The minimum absolute atomic E-state index is 0.231. The molecule has 0 amide bonds. The predicted octanol–water partition coefficient (Wildman–Crippen LogP) is 3.35. The summed E-state index contributed by atoms with van der Waals surface area (Å²) in [5, 5.41) is 0. The molecule has 0 aliphatic rings. The van der Waals surface area contributed by atoms with Gasteiger partial charge in [0, 0.05) is 0 Å². The fourth-order valence-electron chi connectivity index (χ4n) is 1.65. The molecule has 0 aromatic rings. The molecule has 78 valence electrons. The predicted molar refractivity (Wildman–Crippen MR) is 60.7 cm³/mol. The molecule has 0 rings (SSSR count). The minimum atomic E-state index is 0.231. The van der Waals surface area contributed by atoms with E-state index in [1.807, 2.05) is 0 Å². The Morgan fingerprint density at radius 3 is 2.15 bits per heavy atom. The fraction of sp³-hybridized carbons (Fsp3) is 0.833. The van der Waals surface area contributed by atoms with Crippen LogP contribution in [0.25, 0.3) is 0 Å². The Kier molecular flexibility index (Phi) is 5.31. The average molecular weight is 183 g/mol. The van der Waals surface area contributed by atoms with Crippen molar-refractivity contribution >= 4 is 0 Å². The van der Waals surface area contributed by atoms with Crippen molar-refractivity contribution in [3.05, 3.63) is 12.2 Å². The normalized spacial score (nSPS) is 14.2. The molecule has 0 aromatic heterocycles. The van der Waals surface area contributed by atoms with E-state index in [9.17, 15) is 0 Å². The van der Waals surface area contributed by atoms with Crippen LogP contribution in [0.1, 0.15) is 47.0 Å².